The Hall–Kier alpha value is -1.20. The van der Waals surface area contributed by atoms with Gasteiger partial charge in [-0.25, -0.2) is 12.7 Å². The predicted octanol–water partition coefficient (Wildman–Crippen LogP) is 2.17. The Morgan fingerprint density at radius 2 is 1.72 bits per heavy atom. The number of sulfonamides is 1. The molecule has 0 unspecified atom stereocenters. The minimum Gasteiger partial charge on any atom is -0.294 e. The van der Waals surface area contributed by atoms with Crippen molar-refractivity contribution in [3.05, 3.63) is 29.8 Å². The van der Waals surface area contributed by atoms with Crippen LogP contribution >= 0.6 is 0 Å². The van der Waals surface area contributed by atoms with Crippen molar-refractivity contribution in [1.29, 1.82) is 0 Å². The minimum absolute atomic E-state index is 0.0710. The molecule has 1 rings (SSSR count). The molecule has 100 valence electrons. The van der Waals surface area contributed by atoms with E-state index >= 15 is 0 Å². The van der Waals surface area contributed by atoms with Crippen LogP contribution in [0, 0.1) is 5.41 Å². The molecule has 0 bridgehead atoms. The van der Waals surface area contributed by atoms with Crippen LogP contribution in [0.1, 0.15) is 31.1 Å². The number of ketones is 1. The summed E-state index contributed by atoms with van der Waals surface area (Å²) in [6.07, 6.45) is 0. The van der Waals surface area contributed by atoms with Crippen LogP contribution in [0.5, 0.6) is 0 Å². The standard InChI is InChI=1S/C13H19NO3S/c1-13(2,3)12(15)10-7-6-8-11(9-10)18(16,17)14(4)5/h6-9H,1-5H3. The van der Waals surface area contributed by atoms with Gasteiger partial charge in [-0.15, -0.1) is 0 Å². The number of hydrogen-bond acceptors (Lipinski definition) is 3. The maximum Gasteiger partial charge on any atom is 0.242 e. The van der Waals surface area contributed by atoms with E-state index in [9.17, 15) is 13.2 Å². The Labute approximate surface area is 109 Å². The van der Waals surface area contributed by atoms with Crippen LogP contribution in [0.2, 0.25) is 0 Å². The van der Waals surface area contributed by atoms with E-state index in [1.54, 1.807) is 12.1 Å². The average Bonchev–Trinajstić information content (AvgIpc) is 2.26. The monoisotopic (exact) mass is 269 g/mol. The number of benzene rings is 1. The Kier molecular flexibility index (Phi) is 3.98. The van der Waals surface area contributed by atoms with Crippen LogP contribution in [0.15, 0.2) is 29.2 Å². The molecule has 0 aliphatic heterocycles. The van der Waals surface area contributed by atoms with E-state index in [0.29, 0.717) is 5.56 Å². The Bertz CT molecular complexity index is 554. The summed E-state index contributed by atoms with van der Waals surface area (Å²) in [6.45, 7) is 5.42. The molecular formula is C13H19NO3S. The lowest BCUT2D eigenvalue weighted by Crippen LogP contribution is -2.24. The lowest BCUT2D eigenvalue weighted by molar-refractivity contribution is 0.0858. The first-order valence-electron chi connectivity index (χ1n) is 5.64. The summed E-state index contributed by atoms with van der Waals surface area (Å²) in [7, 11) is -0.566. The third kappa shape index (κ3) is 2.97. The molecule has 0 saturated heterocycles. The number of nitrogens with zero attached hydrogens (tertiary/aromatic N) is 1. The highest BCUT2D eigenvalue weighted by molar-refractivity contribution is 7.89. The van der Waals surface area contributed by atoms with Crippen molar-refractivity contribution in [2.75, 3.05) is 14.1 Å². The highest BCUT2D eigenvalue weighted by Crippen LogP contribution is 2.23. The van der Waals surface area contributed by atoms with Crippen molar-refractivity contribution < 1.29 is 13.2 Å². The highest BCUT2D eigenvalue weighted by atomic mass is 32.2. The van der Waals surface area contributed by atoms with Crippen molar-refractivity contribution >= 4 is 15.8 Å². The van der Waals surface area contributed by atoms with Crippen LogP contribution in [0.3, 0.4) is 0 Å². The van der Waals surface area contributed by atoms with E-state index in [1.807, 2.05) is 20.8 Å². The first-order valence-corrected chi connectivity index (χ1v) is 7.08. The number of hydrogen-bond donors (Lipinski definition) is 0. The largest absolute Gasteiger partial charge is 0.294 e. The first-order chi connectivity index (χ1) is 8.06. The molecule has 0 N–H and O–H groups in total. The van der Waals surface area contributed by atoms with E-state index in [2.05, 4.69) is 0 Å². The fourth-order valence-electron chi connectivity index (χ4n) is 1.44. The molecule has 0 radical (unpaired) electrons. The maximum absolute atomic E-state index is 12.1. The van der Waals surface area contributed by atoms with Gasteiger partial charge in [0.25, 0.3) is 0 Å². The summed E-state index contributed by atoms with van der Waals surface area (Å²) in [5.74, 6) is -0.0710. The van der Waals surface area contributed by atoms with Gasteiger partial charge in [0.05, 0.1) is 4.90 Å². The fourth-order valence-corrected chi connectivity index (χ4v) is 2.39. The lowest BCUT2D eigenvalue weighted by atomic mass is 9.87. The SMILES string of the molecule is CN(C)S(=O)(=O)c1cccc(C(=O)C(C)(C)C)c1. The van der Waals surface area contributed by atoms with Gasteiger partial charge in [0, 0.05) is 25.1 Å². The zero-order chi connectivity index (χ0) is 14.1. The van der Waals surface area contributed by atoms with Crippen molar-refractivity contribution in [2.24, 2.45) is 5.41 Å². The quantitative estimate of drug-likeness (QED) is 0.790. The van der Waals surface area contributed by atoms with Gasteiger partial charge in [0.1, 0.15) is 0 Å². The van der Waals surface area contributed by atoms with Crippen LogP contribution in [-0.4, -0.2) is 32.6 Å². The molecule has 1 aromatic rings. The molecule has 0 fully saturated rings. The van der Waals surface area contributed by atoms with E-state index in [-0.39, 0.29) is 10.7 Å². The molecule has 5 heteroatoms. The third-order valence-corrected chi connectivity index (χ3v) is 4.37. The number of carbonyl (C=O) groups excluding carboxylic acids is 1. The molecule has 0 spiro atoms. The number of rotatable bonds is 3. The minimum atomic E-state index is -3.50. The zero-order valence-electron chi connectivity index (χ0n) is 11.4. The second-order valence-corrected chi connectivity index (χ2v) is 7.55. The smallest absolute Gasteiger partial charge is 0.242 e. The number of carbonyl (C=O) groups is 1. The summed E-state index contributed by atoms with van der Waals surface area (Å²) in [5, 5.41) is 0. The van der Waals surface area contributed by atoms with Gasteiger partial charge in [0.2, 0.25) is 10.0 Å². The molecule has 0 aromatic heterocycles. The van der Waals surface area contributed by atoms with Gasteiger partial charge in [0.15, 0.2) is 5.78 Å². The molecule has 4 nitrogen and oxygen atoms in total. The van der Waals surface area contributed by atoms with Crippen molar-refractivity contribution in [3.8, 4) is 0 Å². The van der Waals surface area contributed by atoms with Crippen LogP contribution in [-0.2, 0) is 10.0 Å². The molecule has 0 amide bonds. The van der Waals surface area contributed by atoms with Gasteiger partial charge in [-0.2, -0.15) is 0 Å². The fraction of sp³-hybridized carbons (Fsp3) is 0.462. The van der Waals surface area contributed by atoms with E-state index in [1.165, 1.54) is 26.2 Å². The van der Waals surface area contributed by atoms with Crippen molar-refractivity contribution in [1.82, 2.24) is 4.31 Å². The average molecular weight is 269 g/mol. The summed E-state index contributed by atoms with van der Waals surface area (Å²) in [5.41, 5.74) is -0.106. The number of Topliss-reactive ketones (excluding diaryl/α,β-unsaturated/α-hetero) is 1. The molecule has 0 aliphatic rings. The Morgan fingerprint density at radius 1 is 1.17 bits per heavy atom. The van der Waals surface area contributed by atoms with Gasteiger partial charge in [-0.1, -0.05) is 32.9 Å². The Morgan fingerprint density at radius 3 is 2.17 bits per heavy atom. The summed E-state index contributed by atoms with van der Waals surface area (Å²) in [4.78, 5) is 12.2. The second-order valence-electron chi connectivity index (χ2n) is 5.39. The first kappa shape index (κ1) is 14.9. The molecule has 0 saturated carbocycles. The molecule has 0 atom stereocenters. The molecule has 0 heterocycles. The van der Waals surface area contributed by atoms with Gasteiger partial charge < -0.3 is 0 Å². The molecule has 18 heavy (non-hydrogen) atoms. The molecule has 0 aliphatic carbocycles. The summed E-state index contributed by atoms with van der Waals surface area (Å²) >= 11 is 0. The Balaban J connectivity index is 3.28. The van der Waals surface area contributed by atoms with Crippen molar-refractivity contribution in [3.63, 3.8) is 0 Å². The third-order valence-electron chi connectivity index (χ3n) is 2.56. The summed E-state index contributed by atoms with van der Waals surface area (Å²) < 4.78 is 25.1. The molecule has 1 aromatic carbocycles. The predicted molar refractivity (Wildman–Crippen MR) is 71.1 cm³/mol. The van der Waals surface area contributed by atoms with Gasteiger partial charge >= 0.3 is 0 Å². The second kappa shape index (κ2) is 4.82. The van der Waals surface area contributed by atoms with Crippen LogP contribution in [0.4, 0.5) is 0 Å². The lowest BCUT2D eigenvalue weighted by Gasteiger charge is -2.17. The van der Waals surface area contributed by atoms with Crippen LogP contribution < -0.4 is 0 Å². The van der Waals surface area contributed by atoms with Gasteiger partial charge in [-0.05, 0) is 12.1 Å². The van der Waals surface area contributed by atoms with E-state index in [0.717, 1.165) is 4.31 Å². The maximum atomic E-state index is 12.1. The highest BCUT2D eigenvalue weighted by Gasteiger charge is 2.25. The zero-order valence-corrected chi connectivity index (χ0v) is 12.2. The van der Waals surface area contributed by atoms with Crippen LogP contribution in [0.25, 0.3) is 0 Å². The van der Waals surface area contributed by atoms with E-state index in [4.69, 9.17) is 0 Å². The topological polar surface area (TPSA) is 54.5 Å². The van der Waals surface area contributed by atoms with Gasteiger partial charge in [-0.3, -0.25) is 4.79 Å². The summed E-state index contributed by atoms with van der Waals surface area (Å²) in [6, 6.07) is 6.16. The van der Waals surface area contributed by atoms with Crippen molar-refractivity contribution in [2.45, 2.75) is 25.7 Å². The molecular weight excluding hydrogens is 250 g/mol. The van der Waals surface area contributed by atoms with E-state index < -0.39 is 15.4 Å². The normalized spacial score (nSPS) is 12.8.